The van der Waals surface area contributed by atoms with Crippen LogP contribution in [0.3, 0.4) is 0 Å². The third-order valence-electron chi connectivity index (χ3n) is 2.07. The average molecular weight is 184 g/mol. The molecule has 1 N–H and O–H groups in total. The lowest BCUT2D eigenvalue weighted by Crippen LogP contribution is -2.32. The Balaban J connectivity index is 2.09. The van der Waals surface area contributed by atoms with Gasteiger partial charge >= 0.3 is 0 Å². The van der Waals surface area contributed by atoms with E-state index in [-0.39, 0.29) is 0 Å². The molecule has 2 aliphatic heterocycles. The molecule has 0 radical (unpaired) electrons. The fourth-order valence-corrected chi connectivity index (χ4v) is 2.65. The highest BCUT2D eigenvalue weighted by Gasteiger charge is 2.35. The predicted molar refractivity (Wildman–Crippen MR) is 52.7 cm³/mol. The molecular weight excluding hydrogens is 170 g/mol. The van der Waals surface area contributed by atoms with Gasteiger partial charge in [-0.1, -0.05) is 0 Å². The molecule has 1 saturated heterocycles. The Morgan fingerprint density at radius 3 is 3.50 bits per heavy atom. The van der Waals surface area contributed by atoms with Gasteiger partial charge in [0, 0.05) is 19.4 Å². The smallest absolute Gasteiger partial charge is 0.234 e. The molecule has 0 aromatic carbocycles. The van der Waals surface area contributed by atoms with Crippen LogP contribution in [0.25, 0.3) is 0 Å². The topological polar surface area (TPSA) is 27.4 Å². The molecule has 2 heterocycles. The van der Waals surface area contributed by atoms with E-state index < -0.39 is 0 Å². The van der Waals surface area contributed by atoms with Gasteiger partial charge in [0.2, 0.25) is 10.5 Å². The number of aliphatic imine (C=N–C) groups is 1. The van der Waals surface area contributed by atoms with Gasteiger partial charge in [0.05, 0.1) is 0 Å². The van der Waals surface area contributed by atoms with Gasteiger partial charge in [0.25, 0.3) is 0 Å². The first-order valence-electron chi connectivity index (χ1n) is 4.49. The van der Waals surface area contributed by atoms with Crippen molar-refractivity contribution in [3.05, 3.63) is 0 Å². The molecule has 0 aliphatic carbocycles. The van der Waals surface area contributed by atoms with Gasteiger partial charge in [-0.3, -0.25) is 4.99 Å². The van der Waals surface area contributed by atoms with Crippen LogP contribution in [0.5, 0.6) is 0 Å². The van der Waals surface area contributed by atoms with Crippen molar-refractivity contribution in [1.29, 1.82) is 0 Å². The van der Waals surface area contributed by atoms with Crippen LogP contribution in [0.15, 0.2) is 4.99 Å². The molecule has 1 atom stereocenters. The van der Waals surface area contributed by atoms with Crippen molar-refractivity contribution in [3.63, 3.8) is 0 Å². The second-order valence-corrected chi connectivity index (χ2v) is 4.15. The number of hydrogen-bond acceptors (Lipinski definition) is 2. The van der Waals surface area contributed by atoms with Gasteiger partial charge in [0.15, 0.2) is 6.21 Å². The Kier molecular flexibility index (Phi) is 2.35. The van der Waals surface area contributed by atoms with Gasteiger partial charge < -0.3 is 0 Å². The van der Waals surface area contributed by atoms with Crippen molar-refractivity contribution in [2.24, 2.45) is 4.99 Å². The fraction of sp³-hybridized carbons (Fsp3) is 0.750. The van der Waals surface area contributed by atoms with E-state index in [0.717, 1.165) is 11.7 Å². The zero-order chi connectivity index (χ0) is 8.39. The summed E-state index contributed by atoms with van der Waals surface area (Å²) >= 11 is 1.85. The number of amidine groups is 1. The van der Waals surface area contributed by atoms with Crippen LogP contribution in [0.1, 0.15) is 26.2 Å². The average Bonchev–Trinajstić information content (AvgIpc) is 2.47. The maximum absolute atomic E-state index is 4.35. The minimum atomic E-state index is 0.601. The van der Waals surface area contributed by atoms with E-state index in [4.69, 9.17) is 0 Å². The molecule has 1 fully saturated rings. The molecule has 4 heteroatoms. The summed E-state index contributed by atoms with van der Waals surface area (Å²) in [6, 6.07) is 0. The number of hydrogen-bond donors (Lipinski definition) is 1. The van der Waals surface area contributed by atoms with Crippen molar-refractivity contribution in [2.75, 3.05) is 6.54 Å². The maximum Gasteiger partial charge on any atom is 0.234 e. The molecule has 12 heavy (non-hydrogen) atoms. The second kappa shape index (κ2) is 3.47. The number of hydrazone groups is 1. The van der Waals surface area contributed by atoms with Crippen molar-refractivity contribution >= 4 is 23.1 Å². The van der Waals surface area contributed by atoms with E-state index in [2.05, 4.69) is 28.2 Å². The fourth-order valence-electron chi connectivity index (χ4n) is 1.49. The van der Waals surface area contributed by atoms with E-state index in [9.17, 15) is 0 Å². The third kappa shape index (κ3) is 1.48. The SMILES string of the molecule is CCN=C1N[N+]2=CCCCC2S1. The van der Waals surface area contributed by atoms with Gasteiger partial charge in [0.1, 0.15) is 0 Å². The van der Waals surface area contributed by atoms with Gasteiger partial charge in [-0.05, 0) is 25.1 Å². The van der Waals surface area contributed by atoms with Crippen molar-refractivity contribution < 1.29 is 4.68 Å². The molecule has 0 aromatic heterocycles. The van der Waals surface area contributed by atoms with E-state index in [1.807, 2.05) is 11.8 Å². The third-order valence-corrected chi connectivity index (χ3v) is 3.24. The molecule has 0 saturated carbocycles. The zero-order valence-corrected chi connectivity index (χ0v) is 8.10. The molecule has 0 aromatic rings. The summed E-state index contributed by atoms with van der Waals surface area (Å²) < 4.78 is 2.20. The molecule has 0 bridgehead atoms. The maximum atomic E-state index is 4.35. The minimum absolute atomic E-state index is 0.601. The van der Waals surface area contributed by atoms with Crippen LogP contribution in [-0.2, 0) is 0 Å². The van der Waals surface area contributed by atoms with Crippen LogP contribution < -0.4 is 5.43 Å². The van der Waals surface area contributed by atoms with Crippen LogP contribution in [0.4, 0.5) is 0 Å². The lowest BCUT2D eigenvalue weighted by atomic mass is 10.2. The highest BCUT2D eigenvalue weighted by Crippen LogP contribution is 2.25. The summed E-state index contributed by atoms with van der Waals surface area (Å²) in [6.07, 6.45) is 6.02. The first-order valence-corrected chi connectivity index (χ1v) is 5.37. The highest BCUT2D eigenvalue weighted by atomic mass is 32.2. The summed E-state index contributed by atoms with van der Waals surface area (Å²) in [5.41, 5.74) is 3.28. The van der Waals surface area contributed by atoms with Gasteiger partial charge in [-0.15, -0.1) is 10.1 Å². The molecular formula is C8H14N3S+. The Morgan fingerprint density at radius 2 is 2.75 bits per heavy atom. The normalized spacial score (nSPS) is 31.2. The Bertz CT molecular complexity index is 234. The standard InChI is InChI=1S/C8H14N3S/c1-2-9-8-10-11-6-4-3-5-7(11)12-8/h6-7H,2-5H2,1H3,(H,9,10)/q+1. The number of nitrogens with one attached hydrogen (secondary N) is 1. The number of fused-ring (bicyclic) bond motifs is 1. The summed E-state index contributed by atoms with van der Waals surface area (Å²) in [4.78, 5) is 4.35. The molecule has 1 unspecified atom stereocenters. The van der Waals surface area contributed by atoms with E-state index in [1.54, 1.807) is 0 Å². The molecule has 2 rings (SSSR count). The Labute approximate surface area is 76.9 Å². The molecule has 66 valence electrons. The van der Waals surface area contributed by atoms with Crippen LogP contribution >= 0.6 is 11.8 Å². The first-order chi connectivity index (χ1) is 5.90. The van der Waals surface area contributed by atoms with Crippen LogP contribution in [0.2, 0.25) is 0 Å². The molecule has 0 amide bonds. The predicted octanol–water partition coefficient (Wildman–Crippen LogP) is 1.21. The van der Waals surface area contributed by atoms with Gasteiger partial charge in [-0.2, -0.15) is 0 Å². The number of nitrogens with zero attached hydrogens (tertiary/aromatic N) is 2. The summed E-state index contributed by atoms with van der Waals surface area (Å²) in [6.45, 7) is 2.94. The Hall–Kier alpha value is -0.510. The van der Waals surface area contributed by atoms with E-state index >= 15 is 0 Å². The van der Waals surface area contributed by atoms with E-state index in [0.29, 0.717) is 5.37 Å². The summed E-state index contributed by atoms with van der Waals surface area (Å²) in [5, 5.41) is 1.68. The number of thioether (sulfide) groups is 1. The summed E-state index contributed by atoms with van der Waals surface area (Å²) in [5.74, 6) is 0. The number of rotatable bonds is 1. The molecule has 0 spiro atoms. The lowest BCUT2D eigenvalue weighted by molar-refractivity contribution is -0.578. The zero-order valence-electron chi connectivity index (χ0n) is 7.29. The van der Waals surface area contributed by atoms with Gasteiger partial charge in [-0.25, -0.2) is 0 Å². The van der Waals surface area contributed by atoms with Crippen molar-refractivity contribution in [1.82, 2.24) is 5.43 Å². The van der Waals surface area contributed by atoms with E-state index in [1.165, 1.54) is 19.3 Å². The minimum Gasteiger partial charge on any atom is -0.258 e. The van der Waals surface area contributed by atoms with Crippen LogP contribution in [0, 0.1) is 0 Å². The Morgan fingerprint density at radius 1 is 1.83 bits per heavy atom. The second-order valence-electron chi connectivity index (χ2n) is 2.98. The monoisotopic (exact) mass is 184 g/mol. The molecule has 2 aliphatic rings. The summed E-state index contributed by atoms with van der Waals surface area (Å²) in [7, 11) is 0. The number of hydrazine groups is 1. The lowest BCUT2D eigenvalue weighted by Gasteiger charge is -2.06. The quantitative estimate of drug-likeness (QED) is 0.620. The largest absolute Gasteiger partial charge is 0.258 e. The van der Waals surface area contributed by atoms with Crippen molar-refractivity contribution in [3.8, 4) is 0 Å². The highest BCUT2D eigenvalue weighted by molar-refractivity contribution is 8.14. The van der Waals surface area contributed by atoms with Crippen LogP contribution in [-0.4, -0.2) is 28.0 Å². The first kappa shape index (κ1) is 8.10. The van der Waals surface area contributed by atoms with Crippen molar-refractivity contribution in [2.45, 2.75) is 31.6 Å². The molecule has 3 nitrogen and oxygen atoms in total.